The minimum absolute atomic E-state index is 0.391. The number of thiophene rings is 1. The van der Waals surface area contributed by atoms with Gasteiger partial charge in [-0.2, -0.15) is 0 Å². The first kappa shape index (κ1) is 13.1. The van der Waals surface area contributed by atoms with Crippen molar-refractivity contribution in [2.75, 3.05) is 0 Å². The number of benzene rings is 1. The van der Waals surface area contributed by atoms with Gasteiger partial charge in [-0.05, 0) is 29.8 Å². The molecule has 0 bridgehead atoms. The number of hydrogen-bond acceptors (Lipinski definition) is 2. The van der Waals surface area contributed by atoms with E-state index >= 15 is 0 Å². The van der Waals surface area contributed by atoms with Gasteiger partial charge in [0.1, 0.15) is 5.82 Å². The first-order valence-corrected chi connectivity index (χ1v) is 6.59. The molecule has 1 heterocycles. The highest BCUT2D eigenvalue weighted by Gasteiger charge is 2.18. The molecule has 2 aromatic rings. The van der Waals surface area contributed by atoms with Gasteiger partial charge in [-0.3, -0.25) is 0 Å². The summed E-state index contributed by atoms with van der Waals surface area (Å²) in [7, 11) is 0. The Labute approximate surface area is 117 Å². The molecule has 17 heavy (non-hydrogen) atoms. The molecule has 0 amide bonds. The van der Waals surface area contributed by atoms with Crippen LogP contribution in [0, 0.1) is 5.82 Å². The topological polar surface area (TPSA) is 26.0 Å². The summed E-state index contributed by atoms with van der Waals surface area (Å²) in [6.07, 6.45) is 0. The van der Waals surface area contributed by atoms with Crippen molar-refractivity contribution in [3.05, 3.63) is 54.9 Å². The largest absolute Gasteiger partial charge is 0.320 e. The van der Waals surface area contributed by atoms with E-state index in [1.165, 1.54) is 29.5 Å². The zero-order chi connectivity index (χ0) is 12.6. The highest BCUT2D eigenvalue weighted by Crippen LogP contribution is 2.38. The second-order valence-corrected chi connectivity index (χ2v) is 6.12. The molecule has 0 radical (unpaired) electrons. The Bertz CT molecular complexity index is 556. The van der Waals surface area contributed by atoms with Crippen molar-refractivity contribution in [2.24, 2.45) is 5.73 Å². The van der Waals surface area contributed by atoms with Crippen molar-refractivity contribution >= 4 is 46.1 Å². The monoisotopic (exact) mass is 309 g/mol. The highest BCUT2D eigenvalue weighted by atomic mass is 35.5. The molecule has 2 rings (SSSR count). The van der Waals surface area contributed by atoms with E-state index in [2.05, 4.69) is 0 Å². The van der Waals surface area contributed by atoms with Crippen LogP contribution in [0.25, 0.3) is 0 Å². The molecule has 0 saturated heterocycles. The van der Waals surface area contributed by atoms with Crippen molar-refractivity contribution in [2.45, 2.75) is 6.04 Å². The maximum absolute atomic E-state index is 13.2. The van der Waals surface area contributed by atoms with Gasteiger partial charge in [0.2, 0.25) is 0 Å². The lowest BCUT2D eigenvalue weighted by Gasteiger charge is -2.13. The van der Waals surface area contributed by atoms with E-state index in [1.54, 1.807) is 6.07 Å². The lowest BCUT2D eigenvalue weighted by Crippen LogP contribution is -2.12. The van der Waals surface area contributed by atoms with Gasteiger partial charge in [-0.1, -0.05) is 34.8 Å². The van der Waals surface area contributed by atoms with Crippen LogP contribution in [0.2, 0.25) is 13.7 Å². The Morgan fingerprint density at radius 3 is 2.41 bits per heavy atom. The van der Waals surface area contributed by atoms with Crippen LogP contribution in [0.1, 0.15) is 17.2 Å². The van der Waals surface area contributed by atoms with Crippen LogP contribution in [0.4, 0.5) is 4.39 Å². The third-order valence-electron chi connectivity index (χ3n) is 2.31. The number of rotatable bonds is 2. The predicted octanol–water partition coefficient (Wildman–Crippen LogP) is 4.90. The van der Waals surface area contributed by atoms with Crippen LogP contribution < -0.4 is 5.73 Å². The number of hydrogen-bond donors (Lipinski definition) is 1. The first-order valence-electron chi connectivity index (χ1n) is 4.64. The van der Waals surface area contributed by atoms with Crippen LogP contribution in [0.5, 0.6) is 0 Å². The fourth-order valence-electron chi connectivity index (χ4n) is 1.49. The number of nitrogens with two attached hydrogens (primary N) is 1. The summed E-state index contributed by atoms with van der Waals surface area (Å²) in [4.78, 5) is 0. The highest BCUT2D eigenvalue weighted by molar-refractivity contribution is 7.20. The number of halogens is 4. The first-order chi connectivity index (χ1) is 7.99. The summed E-state index contributed by atoms with van der Waals surface area (Å²) >= 11 is 19.0. The fourth-order valence-corrected chi connectivity index (χ4v) is 3.27. The van der Waals surface area contributed by atoms with Crippen LogP contribution in [-0.4, -0.2) is 0 Å². The van der Waals surface area contributed by atoms with Crippen molar-refractivity contribution < 1.29 is 4.39 Å². The maximum atomic E-state index is 13.2. The Morgan fingerprint density at radius 1 is 1.12 bits per heavy atom. The molecular formula is C11H7Cl3FNS. The molecule has 0 spiro atoms. The molecule has 1 atom stereocenters. The SMILES string of the molecule is NC(c1cc(F)ccc1Cl)c1cc(Cl)sc1Cl. The molecule has 0 aliphatic heterocycles. The molecule has 1 unspecified atom stereocenters. The molecule has 1 aromatic heterocycles. The van der Waals surface area contributed by atoms with Gasteiger partial charge < -0.3 is 5.73 Å². The van der Waals surface area contributed by atoms with Crippen LogP contribution in [-0.2, 0) is 0 Å². The van der Waals surface area contributed by atoms with E-state index in [9.17, 15) is 4.39 Å². The molecule has 90 valence electrons. The summed E-state index contributed by atoms with van der Waals surface area (Å²) in [5, 5.41) is 0.400. The summed E-state index contributed by atoms with van der Waals surface area (Å²) in [6.45, 7) is 0. The molecule has 1 nitrogen and oxygen atoms in total. The Hall–Kier alpha value is -0.320. The van der Waals surface area contributed by atoms with Gasteiger partial charge in [0.25, 0.3) is 0 Å². The van der Waals surface area contributed by atoms with Gasteiger partial charge in [0.05, 0.1) is 14.7 Å². The minimum atomic E-state index is -0.588. The second-order valence-electron chi connectivity index (χ2n) is 3.42. The third kappa shape index (κ3) is 2.75. The zero-order valence-corrected chi connectivity index (χ0v) is 11.5. The van der Waals surface area contributed by atoms with Gasteiger partial charge >= 0.3 is 0 Å². The van der Waals surface area contributed by atoms with Gasteiger partial charge in [0.15, 0.2) is 0 Å². The smallest absolute Gasteiger partial charge is 0.123 e. The lowest BCUT2D eigenvalue weighted by atomic mass is 10.0. The van der Waals surface area contributed by atoms with E-state index in [0.717, 1.165) is 0 Å². The normalized spacial score (nSPS) is 12.8. The Balaban J connectivity index is 2.46. The molecule has 2 N–H and O–H groups in total. The van der Waals surface area contributed by atoms with E-state index in [1.807, 2.05) is 0 Å². The van der Waals surface area contributed by atoms with Crippen molar-refractivity contribution in [1.29, 1.82) is 0 Å². The van der Waals surface area contributed by atoms with Gasteiger partial charge in [-0.15, -0.1) is 11.3 Å². The standard InChI is InChI=1S/C11H7Cl3FNS/c12-8-2-1-5(15)3-6(8)10(16)7-4-9(13)17-11(7)14/h1-4,10H,16H2. The second kappa shape index (κ2) is 5.12. The van der Waals surface area contributed by atoms with Crippen molar-refractivity contribution in [3.8, 4) is 0 Å². The van der Waals surface area contributed by atoms with Crippen LogP contribution in [0.3, 0.4) is 0 Å². The quantitative estimate of drug-likeness (QED) is 0.839. The zero-order valence-electron chi connectivity index (χ0n) is 8.38. The molecule has 0 aliphatic rings. The predicted molar refractivity (Wildman–Crippen MR) is 71.8 cm³/mol. The van der Waals surface area contributed by atoms with E-state index in [4.69, 9.17) is 40.5 Å². The van der Waals surface area contributed by atoms with E-state index in [0.29, 0.717) is 24.8 Å². The molecule has 0 fully saturated rings. The summed E-state index contributed by atoms with van der Waals surface area (Å²) in [5.41, 5.74) is 7.15. The Morgan fingerprint density at radius 2 is 1.82 bits per heavy atom. The average molecular weight is 311 g/mol. The van der Waals surface area contributed by atoms with Gasteiger partial charge in [0, 0.05) is 10.6 Å². The molecule has 6 heteroatoms. The molecular weight excluding hydrogens is 304 g/mol. The molecule has 0 saturated carbocycles. The van der Waals surface area contributed by atoms with Gasteiger partial charge in [-0.25, -0.2) is 4.39 Å². The molecule has 0 aliphatic carbocycles. The maximum Gasteiger partial charge on any atom is 0.123 e. The van der Waals surface area contributed by atoms with Crippen LogP contribution >= 0.6 is 46.1 Å². The Kier molecular flexibility index (Phi) is 3.95. The van der Waals surface area contributed by atoms with E-state index < -0.39 is 11.9 Å². The summed E-state index contributed by atoms with van der Waals surface area (Å²) < 4.78 is 14.2. The van der Waals surface area contributed by atoms with Crippen molar-refractivity contribution in [3.63, 3.8) is 0 Å². The van der Waals surface area contributed by atoms with Crippen LogP contribution in [0.15, 0.2) is 24.3 Å². The van der Waals surface area contributed by atoms with E-state index in [-0.39, 0.29) is 0 Å². The average Bonchev–Trinajstić information content (AvgIpc) is 2.60. The fraction of sp³-hybridized carbons (Fsp3) is 0.0909. The van der Waals surface area contributed by atoms with Crippen molar-refractivity contribution in [1.82, 2.24) is 0 Å². The third-order valence-corrected chi connectivity index (χ3v) is 4.17. The molecule has 1 aromatic carbocycles. The summed E-state index contributed by atoms with van der Waals surface area (Å²) in [6, 6.07) is 5.12. The lowest BCUT2D eigenvalue weighted by molar-refractivity contribution is 0.623. The minimum Gasteiger partial charge on any atom is -0.320 e. The summed E-state index contributed by atoms with van der Waals surface area (Å²) in [5.74, 6) is -0.391.